The van der Waals surface area contributed by atoms with Gasteiger partial charge in [-0.25, -0.2) is 13.6 Å². The molecule has 0 radical (unpaired) electrons. The molecule has 0 aromatic heterocycles. The minimum atomic E-state index is -3.21. The number of hydrogen-bond acceptors (Lipinski definition) is 6. The van der Waals surface area contributed by atoms with Gasteiger partial charge in [-0.1, -0.05) is 31.5 Å². The number of halogens is 4. The second-order valence-corrected chi connectivity index (χ2v) is 12.6. The number of rotatable bonds is 12. The summed E-state index contributed by atoms with van der Waals surface area (Å²) in [6.45, 7) is 5.67. The van der Waals surface area contributed by atoms with Gasteiger partial charge in [0.05, 0.1) is 18.6 Å². The van der Waals surface area contributed by atoms with Gasteiger partial charge >= 0.3 is 5.97 Å². The van der Waals surface area contributed by atoms with Gasteiger partial charge in [-0.15, -0.1) is 0 Å². The molecule has 13 heteroatoms. The number of ether oxygens (including phenoxy) is 1. The number of piperidine rings is 2. The fourth-order valence-corrected chi connectivity index (χ4v) is 6.72. The SMILES string of the molecule is CCOC(=O)/C(F)=C/[C@@H](C[C@@H]1CCNC1=O)NC(=O)[C@H]1[C@@H]2CC[C@@H](CC2(F)F)N1C(=O)[C@@H](CC(C)C)Nc1cccc(Cl)c1. The Morgan fingerprint density at radius 1 is 1.23 bits per heavy atom. The Kier molecular flexibility index (Phi) is 10.9. The zero-order valence-corrected chi connectivity index (χ0v) is 25.8. The predicted molar refractivity (Wildman–Crippen MR) is 159 cm³/mol. The van der Waals surface area contributed by atoms with Gasteiger partial charge in [0.25, 0.3) is 5.92 Å². The maximum absolute atomic E-state index is 15.3. The summed E-state index contributed by atoms with van der Waals surface area (Å²) in [5.41, 5.74) is 0.569. The van der Waals surface area contributed by atoms with E-state index in [2.05, 4.69) is 16.0 Å². The molecule has 0 spiro atoms. The van der Waals surface area contributed by atoms with Gasteiger partial charge in [0.1, 0.15) is 12.1 Å². The standard InChI is InChI=1S/C31H40ClF3N4O5/c1-4-44-30(43)24(33)15-21(13-18-10-11-36-27(18)40)38-28(41)26-23-9-8-22(16-31(23,34)35)39(26)29(42)25(12-17(2)3)37-20-7-5-6-19(32)14-20/h5-7,14-15,17-18,21-23,25-26,37H,4,8-13,16H2,1-3H3,(H,36,40)(H,38,41)/b24-15-/t18-,21+,22-,23-,25+,26+/m0/s1. The first-order chi connectivity index (χ1) is 20.8. The van der Waals surface area contributed by atoms with Gasteiger partial charge in [0.2, 0.25) is 23.5 Å². The first kappa shape index (κ1) is 33.6. The molecule has 2 bridgehead atoms. The topological polar surface area (TPSA) is 117 Å². The Labute approximate surface area is 260 Å². The van der Waals surface area contributed by atoms with E-state index in [1.54, 1.807) is 24.3 Å². The number of carbonyl (C=O) groups is 4. The fraction of sp³-hybridized carbons (Fsp3) is 0.613. The molecule has 3 heterocycles. The monoisotopic (exact) mass is 640 g/mol. The van der Waals surface area contributed by atoms with Gasteiger partial charge in [-0.05, 0) is 69.2 Å². The molecule has 3 amide bonds. The highest BCUT2D eigenvalue weighted by atomic mass is 35.5. The van der Waals surface area contributed by atoms with E-state index in [9.17, 15) is 23.6 Å². The Morgan fingerprint density at radius 3 is 2.59 bits per heavy atom. The van der Waals surface area contributed by atoms with Crippen LogP contribution in [0.5, 0.6) is 0 Å². The summed E-state index contributed by atoms with van der Waals surface area (Å²) in [5, 5.41) is 8.90. The zero-order valence-electron chi connectivity index (χ0n) is 25.1. The number of carbonyl (C=O) groups excluding carboxylic acids is 4. The molecule has 242 valence electrons. The Bertz CT molecular complexity index is 1280. The molecule has 4 fully saturated rings. The Morgan fingerprint density at radius 2 is 1.98 bits per heavy atom. The minimum absolute atomic E-state index is 0.0266. The van der Waals surface area contributed by atoms with Crippen LogP contribution in [0.3, 0.4) is 0 Å². The molecule has 1 aliphatic carbocycles. The van der Waals surface area contributed by atoms with Crippen LogP contribution in [-0.4, -0.2) is 71.8 Å². The van der Waals surface area contributed by atoms with Crippen LogP contribution in [0, 0.1) is 17.8 Å². The van der Waals surface area contributed by atoms with Crippen molar-refractivity contribution in [3.8, 4) is 0 Å². The summed E-state index contributed by atoms with van der Waals surface area (Å²) in [5.74, 6) is -9.42. The predicted octanol–water partition coefficient (Wildman–Crippen LogP) is 4.61. The normalized spacial score (nSPS) is 25.8. The number of fused-ring (bicyclic) bond motifs is 3. The van der Waals surface area contributed by atoms with Crippen LogP contribution >= 0.6 is 11.6 Å². The molecule has 3 aliphatic heterocycles. The number of nitrogens with one attached hydrogen (secondary N) is 3. The molecular weight excluding hydrogens is 601 g/mol. The van der Waals surface area contributed by atoms with Crippen molar-refractivity contribution in [3.05, 3.63) is 41.2 Å². The van der Waals surface area contributed by atoms with Crippen LogP contribution in [0.2, 0.25) is 5.02 Å². The summed E-state index contributed by atoms with van der Waals surface area (Å²) >= 11 is 6.14. The lowest BCUT2D eigenvalue weighted by Gasteiger charge is -2.54. The summed E-state index contributed by atoms with van der Waals surface area (Å²) in [6, 6.07) is 2.33. The van der Waals surface area contributed by atoms with Crippen molar-refractivity contribution in [2.24, 2.45) is 17.8 Å². The molecule has 3 saturated heterocycles. The number of nitrogens with zero attached hydrogens (tertiary/aromatic N) is 1. The average Bonchev–Trinajstić information content (AvgIpc) is 3.35. The van der Waals surface area contributed by atoms with Crippen molar-refractivity contribution in [3.63, 3.8) is 0 Å². The summed E-state index contributed by atoms with van der Waals surface area (Å²) in [4.78, 5) is 53.7. The lowest BCUT2D eigenvalue weighted by atomic mass is 9.71. The lowest BCUT2D eigenvalue weighted by molar-refractivity contribution is -0.194. The summed E-state index contributed by atoms with van der Waals surface area (Å²) < 4.78 is 50.1. The molecule has 1 saturated carbocycles. The molecule has 1 aromatic carbocycles. The van der Waals surface area contributed by atoms with Gasteiger partial charge in [0.15, 0.2) is 0 Å². The van der Waals surface area contributed by atoms with Crippen LogP contribution in [-0.2, 0) is 23.9 Å². The van der Waals surface area contributed by atoms with Crippen molar-refractivity contribution in [1.29, 1.82) is 0 Å². The van der Waals surface area contributed by atoms with Crippen molar-refractivity contribution >= 4 is 41.0 Å². The van der Waals surface area contributed by atoms with E-state index in [4.69, 9.17) is 16.3 Å². The van der Waals surface area contributed by atoms with Gasteiger partial charge < -0.3 is 25.6 Å². The van der Waals surface area contributed by atoms with E-state index in [1.165, 1.54) is 11.8 Å². The quantitative estimate of drug-likeness (QED) is 0.227. The van der Waals surface area contributed by atoms with Crippen molar-refractivity contribution in [2.75, 3.05) is 18.5 Å². The number of anilines is 1. The van der Waals surface area contributed by atoms with E-state index in [1.807, 2.05) is 13.8 Å². The molecule has 1 aromatic rings. The lowest BCUT2D eigenvalue weighted by Crippen LogP contribution is -2.70. The Balaban J connectivity index is 1.65. The molecule has 3 N–H and O–H groups in total. The average molecular weight is 641 g/mol. The van der Waals surface area contributed by atoms with Crippen molar-refractivity contribution in [2.45, 2.75) is 89.4 Å². The molecular formula is C31H40ClF3N4O5. The van der Waals surface area contributed by atoms with E-state index in [0.717, 1.165) is 6.08 Å². The third kappa shape index (κ3) is 7.86. The number of benzene rings is 1. The van der Waals surface area contributed by atoms with Gasteiger partial charge in [-0.3, -0.25) is 14.4 Å². The second kappa shape index (κ2) is 14.2. The van der Waals surface area contributed by atoms with Crippen LogP contribution in [0.25, 0.3) is 0 Å². The fourth-order valence-electron chi connectivity index (χ4n) is 6.53. The highest BCUT2D eigenvalue weighted by molar-refractivity contribution is 6.30. The molecule has 4 aliphatic rings. The summed E-state index contributed by atoms with van der Waals surface area (Å²) in [7, 11) is 0. The van der Waals surface area contributed by atoms with Crippen LogP contribution < -0.4 is 16.0 Å². The number of alkyl halides is 2. The highest BCUT2D eigenvalue weighted by Crippen LogP contribution is 2.49. The van der Waals surface area contributed by atoms with Crippen LogP contribution in [0.1, 0.15) is 59.3 Å². The molecule has 6 atom stereocenters. The van der Waals surface area contributed by atoms with Crippen molar-refractivity contribution in [1.82, 2.24) is 15.5 Å². The van der Waals surface area contributed by atoms with Gasteiger partial charge in [-0.2, -0.15) is 4.39 Å². The third-order valence-corrected chi connectivity index (χ3v) is 8.71. The van der Waals surface area contributed by atoms with Crippen molar-refractivity contribution < 1.29 is 37.1 Å². The maximum atomic E-state index is 15.3. The summed E-state index contributed by atoms with van der Waals surface area (Å²) in [6.07, 6.45) is 1.32. The van der Waals surface area contributed by atoms with E-state index >= 15 is 8.78 Å². The largest absolute Gasteiger partial charge is 0.461 e. The smallest absolute Gasteiger partial charge is 0.366 e. The highest BCUT2D eigenvalue weighted by Gasteiger charge is 2.61. The van der Waals surface area contributed by atoms with E-state index in [-0.39, 0.29) is 31.3 Å². The second-order valence-electron chi connectivity index (χ2n) is 12.2. The number of hydrogen-bond donors (Lipinski definition) is 3. The minimum Gasteiger partial charge on any atom is -0.461 e. The molecule has 44 heavy (non-hydrogen) atoms. The Hall–Kier alpha value is -3.28. The molecule has 0 unspecified atom stereocenters. The zero-order chi connectivity index (χ0) is 32.2. The van der Waals surface area contributed by atoms with Crippen LogP contribution in [0.15, 0.2) is 36.2 Å². The maximum Gasteiger partial charge on any atom is 0.366 e. The third-order valence-electron chi connectivity index (χ3n) is 8.48. The number of amides is 3. The van der Waals surface area contributed by atoms with E-state index < -0.39 is 72.0 Å². The molecule has 5 rings (SSSR count). The molecule has 9 nitrogen and oxygen atoms in total. The number of esters is 1. The van der Waals surface area contributed by atoms with E-state index in [0.29, 0.717) is 36.5 Å². The van der Waals surface area contributed by atoms with Crippen LogP contribution in [0.4, 0.5) is 18.9 Å². The first-order valence-corrected chi connectivity index (χ1v) is 15.5. The first-order valence-electron chi connectivity index (χ1n) is 15.1. The van der Waals surface area contributed by atoms with Gasteiger partial charge in [0, 0.05) is 35.6 Å².